The lowest BCUT2D eigenvalue weighted by Gasteiger charge is -2.33. The van der Waals surface area contributed by atoms with Crippen LogP contribution in [0.5, 0.6) is 5.75 Å². The van der Waals surface area contributed by atoms with Crippen LogP contribution in [0.2, 0.25) is 0 Å². The largest absolute Gasteiger partial charge is 0.573 e. The summed E-state index contributed by atoms with van der Waals surface area (Å²) in [6.07, 6.45) is -4.77. The van der Waals surface area contributed by atoms with Gasteiger partial charge < -0.3 is 10.1 Å². The minimum absolute atomic E-state index is 0. The standard InChI is InChI=1S/C13H16F4N2O.ClH/c1-9(19-6-4-18-5-7-19)11-8-10(2-3-12(11)14)20-13(15,16)17;/h2-3,8-9,18H,4-7H2,1H3;1H/t9-;/m1./s1. The van der Waals surface area contributed by atoms with Gasteiger partial charge in [-0.25, -0.2) is 4.39 Å². The summed E-state index contributed by atoms with van der Waals surface area (Å²) in [6.45, 7) is 4.80. The van der Waals surface area contributed by atoms with Crippen LogP contribution in [0.4, 0.5) is 17.6 Å². The Morgan fingerprint density at radius 1 is 1.24 bits per heavy atom. The maximum atomic E-state index is 13.8. The molecule has 120 valence electrons. The number of benzene rings is 1. The van der Waals surface area contributed by atoms with Gasteiger partial charge in [0, 0.05) is 37.8 Å². The van der Waals surface area contributed by atoms with E-state index in [2.05, 4.69) is 10.1 Å². The maximum absolute atomic E-state index is 13.8. The van der Waals surface area contributed by atoms with Crippen molar-refractivity contribution >= 4 is 12.4 Å². The molecule has 1 N–H and O–H groups in total. The average Bonchev–Trinajstić information content (AvgIpc) is 2.40. The molecule has 1 aromatic carbocycles. The van der Waals surface area contributed by atoms with Crippen molar-refractivity contribution in [2.45, 2.75) is 19.3 Å². The van der Waals surface area contributed by atoms with Gasteiger partial charge in [-0.05, 0) is 25.1 Å². The fraction of sp³-hybridized carbons (Fsp3) is 0.538. The van der Waals surface area contributed by atoms with Crippen molar-refractivity contribution in [2.75, 3.05) is 26.2 Å². The zero-order valence-electron chi connectivity index (χ0n) is 11.4. The highest BCUT2D eigenvalue weighted by Gasteiger charge is 2.31. The van der Waals surface area contributed by atoms with Crippen molar-refractivity contribution in [3.8, 4) is 5.75 Å². The molecule has 0 amide bonds. The highest BCUT2D eigenvalue weighted by atomic mass is 35.5. The Kier molecular flexibility index (Phi) is 6.24. The van der Waals surface area contributed by atoms with E-state index in [-0.39, 0.29) is 24.0 Å². The summed E-state index contributed by atoms with van der Waals surface area (Å²) in [7, 11) is 0. The monoisotopic (exact) mass is 328 g/mol. The molecule has 0 aliphatic carbocycles. The second-order valence-corrected chi connectivity index (χ2v) is 4.69. The van der Waals surface area contributed by atoms with E-state index in [1.165, 1.54) is 0 Å². The van der Waals surface area contributed by atoms with E-state index in [9.17, 15) is 17.6 Å². The maximum Gasteiger partial charge on any atom is 0.573 e. The molecule has 2 rings (SSSR count). The van der Waals surface area contributed by atoms with Gasteiger partial charge in [0.2, 0.25) is 0 Å². The predicted octanol–water partition coefficient (Wildman–Crippen LogP) is 3.11. The van der Waals surface area contributed by atoms with Crippen LogP contribution in [0.15, 0.2) is 18.2 Å². The number of piperazine rings is 1. The van der Waals surface area contributed by atoms with Crippen molar-refractivity contribution in [1.29, 1.82) is 0 Å². The predicted molar refractivity (Wildman–Crippen MR) is 73.2 cm³/mol. The summed E-state index contributed by atoms with van der Waals surface area (Å²) in [5.41, 5.74) is 0.216. The van der Waals surface area contributed by atoms with Crippen molar-refractivity contribution in [3.63, 3.8) is 0 Å². The van der Waals surface area contributed by atoms with Gasteiger partial charge in [-0.3, -0.25) is 4.90 Å². The smallest absolute Gasteiger partial charge is 0.406 e. The molecule has 0 aromatic heterocycles. The second kappa shape index (κ2) is 7.29. The van der Waals surface area contributed by atoms with Gasteiger partial charge in [0.25, 0.3) is 0 Å². The van der Waals surface area contributed by atoms with E-state index in [1.54, 1.807) is 6.92 Å². The molecule has 0 unspecified atom stereocenters. The molecule has 1 saturated heterocycles. The van der Waals surface area contributed by atoms with Crippen LogP contribution in [0.3, 0.4) is 0 Å². The summed E-state index contributed by atoms with van der Waals surface area (Å²) in [5, 5.41) is 3.17. The highest BCUT2D eigenvalue weighted by Crippen LogP contribution is 2.29. The molecule has 0 saturated carbocycles. The summed E-state index contributed by atoms with van der Waals surface area (Å²) in [5.74, 6) is -0.915. The molecular formula is C13H17ClF4N2O. The van der Waals surface area contributed by atoms with Crippen LogP contribution >= 0.6 is 12.4 Å². The number of hydrogen-bond acceptors (Lipinski definition) is 3. The fourth-order valence-corrected chi connectivity index (χ4v) is 2.31. The van der Waals surface area contributed by atoms with Gasteiger partial charge in [0.15, 0.2) is 0 Å². The summed E-state index contributed by atoms with van der Waals surface area (Å²) >= 11 is 0. The van der Waals surface area contributed by atoms with Crippen LogP contribution in [-0.4, -0.2) is 37.4 Å². The van der Waals surface area contributed by atoms with E-state index in [0.717, 1.165) is 44.4 Å². The molecular weight excluding hydrogens is 312 g/mol. The van der Waals surface area contributed by atoms with Gasteiger partial charge in [-0.1, -0.05) is 0 Å². The number of alkyl halides is 3. The molecule has 1 atom stereocenters. The highest BCUT2D eigenvalue weighted by molar-refractivity contribution is 5.85. The second-order valence-electron chi connectivity index (χ2n) is 4.69. The Balaban J connectivity index is 0.00000220. The van der Waals surface area contributed by atoms with E-state index in [1.807, 2.05) is 4.90 Å². The topological polar surface area (TPSA) is 24.5 Å². The first-order valence-electron chi connectivity index (χ1n) is 6.37. The minimum atomic E-state index is -4.77. The van der Waals surface area contributed by atoms with E-state index >= 15 is 0 Å². The third kappa shape index (κ3) is 5.01. The lowest BCUT2D eigenvalue weighted by atomic mass is 10.1. The van der Waals surface area contributed by atoms with Crippen molar-refractivity contribution in [3.05, 3.63) is 29.6 Å². The normalized spacial score (nSPS) is 18.0. The number of rotatable bonds is 3. The molecule has 3 nitrogen and oxygen atoms in total. The fourth-order valence-electron chi connectivity index (χ4n) is 2.31. The third-order valence-corrected chi connectivity index (χ3v) is 3.35. The summed E-state index contributed by atoms with van der Waals surface area (Å²) < 4.78 is 54.3. The Morgan fingerprint density at radius 3 is 2.43 bits per heavy atom. The first kappa shape index (κ1) is 18.0. The van der Waals surface area contributed by atoms with Crippen molar-refractivity contribution in [2.24, 2.45) is 0 Å². The van der Waals surface area contributed by atoms with E-state index in [4.69, 9.17) is 0 Å². The van der Waals surface area contributed by atoms with Crippen LogP contribution in [0.25, 0.3) is 0 Å². The summed E-state index contributed by atoms with van der Waals surface area (Å²) in [4.78, 5) is 2.02. The Morgan fingerprint density at radius 2 is 1.86 bits per heavy atom. The molecule has 1 aliphatic heterocycles. The van der Waals surface area contributed by atoms with Gasteiger partial charge in [0.05, 0.1) is 0 Å². The lowest BCUT2D eigenvalue weighted by molar-refractivity contribution is -0.274. The molecule has 0 spiro atoms. The molecule has 0 bridgehead atoms. The molecule has 1 fully saturated rings. The summed E-state index contributed by atoms with van der Waals surface area (Å²) in [6, 6.07) is 2.82. The Labute approximate surface area is 126 Å². The number of nitrogens with zero attached hydrogens (tertiary/aromatic N) is 1. The van der Waals surface area contributed by atoms with E-state index < -0.39 is 17.9 Å². The van der Waals surface area contributed by atoms with Crippen LogP contribution in [0, 0.1) is 5.82 Å². The molecule has 21 heavy (non-hydrogen) atoms. The number of nitrogens with one attached hydrogen (secondary N) is 1. The number of halogens is 5. The molecule has 8 heteroatoms. The first-order valence-corrected chi connectivity index (χ1v) is 6.37. The zero-order valence-corrected chi connectivity index (χ0v) is 12.2. The van der Waals surface area contributed by atoms with Gasteiger partial charge in [-0.15, -0.1) is 25.6 Å². The molecule has 1 heterocycles. The molecule has 1 aromatic rings. The van der Waals surface area contributed by atoms with Gasteiger partial charge >= 0.3 is 6.36 Å². The van der Waals surface area contributed by atoms with Crippen LogP contribution in [0.1, 0.15) is 18.5 Å². The van der Waals surface area contributed by atoms with Gasteiger partial charge in [0.1, 0.15) is 11.6 Å². The molecule has 1 aliphatic rings. The van der Waals surface area contributed by atoms with Crippen LogP contribution < -0.4 is 10.1 Å². The number of ether oxygens (including phenoxy) is 1. The first-order chi connectivity index (χ1) is 9.37. The van der Waals surface area contributed by atoms with Gasteiger partial charge in [-0.2, -0.15) is 0 Å². The van der Waals surface area contributed by atoms with E-state index in [0.29, 0.717) is 0 Å². The lowest BCUT2D eigenvalue weighted by Crippen LogP contribution is -2.44. The van der Waals surface area contributed by atoms with Crippen LogP contribution in [-0.2, 0) is 0 Å². The van der Waals surface area contributed by atoms with Crippen molar-refractivity contribution < 1.29 is 22.3 Å². The average molecular weight is 329 g/mol. The third-order valence-electron chi connectivity index (χ3n) is 3.35. The SMILES string of the molecule is C[C@H](c1cc(OC(F)(F)F)ccc1F)N1CCNCC1.Cl. The zero-order chi connectivity index (χ0) is 14.8. The Hall–Kier alpha value is -1.05. The quantitative estimate of drug-likeness (QED) is 0.863. The van der Waals surface area contributed by atoms with Crippen molar-refractivity contribution in [1.82, 2.24) is 10.2 Å². The number of hydrogen-bond donors (Lipinski definition) is 1. The Bertz CT molecular complexity index is 464. The minimum Gasteiger partial charge on any atom is -0.406 e. The molecule has 0 radical (unpaired) electrons.